The second kappa shape index (κ2) is 9.15. The van der Waals surface area contributed by atoms with Crippen molar-refractivity contribution in [2.24, 2.45) is 18.4 Å². The number of nitrogens with zero attached hydrogens (tertiary/aromatic N) is 2. The Bertz CT molecular complexity index is 787. The molecule has 0 spiro atoms. The van der Waals surface area contributed by atoms with E-state index in [1.165, 1.54) is 6.07 Å². The maximum absolute atomic E-state index is 13.0. The van der Waals surface area contributed by atoms with E-state index in [4.69, 9.17) is 0 Å². The molecule has 28 heavy (non-hydrogen) atoms. The molecule has 0 bridgehead atoms. The van der Waals surface area contributed by atoms with Gasteiger partial charge in [0, 0.05) is 32.9 Å². The Balaban J connectivity index is 0.00000280. The van der Waals surface area contributed by atoms with Crippen molar-refractivity contribution < 1.29 is 13.2 Å². The van der Waals surface area contributed by atoms with Crippen LogP contribution >= 0.6 is 12.4 Å². The monoisotopic (exact) mass is 432 g/mol. The van der Waals surface area contributed by atoms with Crippen molar-refractivity contribution in [3.8, 4) is 0 Å². The van der Waals surface area contributed by atoms with E-state index in [1.807, 2.05) is 0 Å². The van der Waals surface area contributed by atoms with Crippen LogP contribution in [0.3, 0.4) is 0 Å². The lowest BCUT2D eigenvalue weighted by Gasteiger charge is -2.34. The number of hydrogen-bond donors (Lipinski definition) is 2. The van der Waals surface area contributed by atoms with Gasteiger partial charge in [-0.05, 0) is 56.2 Å². The Morgan fingerprint density at radius 2 is 2.04 bits per heavy atom. The van der Waals surface area contributed by atoms with Gasteiger partial charge in [-0.2, -0.15) is 4.31 Å². The number of hydrogen-bond acceptors (Lipinski definition) is 4. The van der Waals surface area contributed by atoms with Crippen molar-refractivity contribution in [1.82, 2.24) is 19.5 Å². The molecule has 160 valence electrons. The van der Waals surface area contributed by atoms with E-state index in [1.54, 1.807) is 22.1 Å². The zero-order chi connectivity index (χ0) is 19.7. The highest BCUT2D eigenvalue weighted by molar-refractivity contribution is 7.89. The zero-order valence-electron chi connectivity index (χ0n) is 17.0. The second-order valence-electron chi connectivity index (χ2n) is 8.53. The summed E-state index contributed by atoms with van der Waals surface area (Å²) < 4.78 is 29.1. The summed E-state index contributed by atoms with van der Waals surface area (Å²) in [6.45, 7) is 7.89. The van der Waals surface area contributed by atoms with E-state index in [2.05, 4.69) is 24.5 Å². The second-order valence-corrected chi connectivity index (χ2v) is 10.5. The number of rotatable bonds is 5. The molecule has 2 saturated heterocycles. The molecule has 0 radical (unpaired) electrons. The van der Waals surface area contributed by atoms with Crippen LogP contribution < -0.4 is 10.6 Å². The number of sulfonamides is 1. The van der Waals surface area contributed by atoms with Crippen molar-refractivity contribution >= 4 is 28.3 Å². The van der Waals surface area contributed by atoms with Crippen LogP contribution in [0.2, 0.25) is 0 Å². The standard InChI is InChI=1S/C19H32N4O3S.ClH/c1-15-5-4-10-23(12-15)27(25,26)16-11-17(22(3)13-16)18(24)21-14-19(2)6-8-20-9-7-19;/h11,13,15,20H,4-10,12,14H2,1-3H3,(H,21,24);1H. The number of amides is 1. The number of carbonyl (C=O) groups is 1. The largest absolute Gasteiger partial charge is 0.350 e. The van der Waals surface area contributed by atoms with E-state index < -0.39 is 10.0 Å². The maximum atomic E-state index is 13.0. The number of halogens is 1. The Kier molecular flexibility index (Phi) is 7.58. The summed E-state index contributed by atoms with van der Waals surface area (Å²) in [6, 6.07) is 1.51. The van der Waals surface area contributed by atoms with Gasteiger partial charge in [0.2, 0.25) is 10.0 Å². The highest BCUT2D eigenvalue weighted by atomic mass is 35.5. The minimum absolute atomic E-state index is 0. The third kappa shape index (κ3) is 5.09. The number of carbonyl (C=O) groups excluding carboxylic acids is 1. The molecule has 1 atom stereocenters. The summed E-state index contributed by atoms with van der Waals surface area (Å²) in [6.07, 6.45) is 5.53. The molecule has 2 aliphatic heterocycles. The van der Waals surface area contributed by atoms with E-state index in [0.29, 0.717) is 31.2 Å². The summed E-state index contributed by atoms with van der Waals surface area (Å²) in [5, 5.41) is 6.34. The fraction of sp³-hybridized carbons (Fsp3) is 0.737. The number of aromatic nitrogens is 1. The third-order valence-electron chi connectivity index (χ3n) is 5.96. The van der Waals surface area contributed by atoms with Crippen LogP contribution in [0, 0.1) is 11.3 Å². The van der Waals surface area contributed by atoms with E-state index in [0.717, 1.165) is 38.8 Å². The minimum Gasteiger partial charge on any atom is -0.350 e. The molecular weight excluding hydrogens is 400 g/mol. The van der Waals surface area contributed by atoms with Gasteiger partial charge in [0.15, 0.2) is 0 Å². The molecule has 0 aromatic carbocycles. The minimum atomic E-state index is -3.55. The van der Waals surface area contributed by atoms with Crippen LogP contribution in [0.1, 0.15) is 50.0 Å². The first-order valence-corrected chi connectivity index (χ1v) is 11.3. The van der Waals surface area contributed by atoms with Gasteiger partial charge in [-0.25, -0.2) is 8.42 Å². The topological polar surface area (TPSA) is 83.4 Å². The normalized spacial score (nSPS) is 23.0. The fourth-order valence-electron chi connectivity index (χ4n) is 4.01. The smallest absolute Gasteiger partial charge is 0.267 e. The first-order valence-electron chi connectivity index (χ1n) is 9.87. The zero-order valence-corrected chi connectivity index (χ0v) is 18.7. The van der Waals surface area contributed by atoms with Crippen LogP contribution in [0.4, 0.5) is 0 Å². The molecule has 3 heterocycles. The maximum Gasteiger partial charge on any atom is 0.267 e. The number of piperidine rings is 2. The summed E-state index contributed by atoms with van der Waals surface area (Å²) >= 11 is 0. The first kappa shape index (κ1) is 23.2. The highest BCUT2D eigenvalue weighted by Crippen LogP contribution is 2.27. The molecule has 3 rings (SSSR count). The molecule has 2 N–H and O–H groups in total. The molecule has 2 fully saturated rings. The number of nitrogens with one attached hydrogen (secondary N) is 2. The molecule has 1 aromatic rings. The van der Waals surface area contributed by atoms with Crippen LogP contribution in [0.5, 0.6) is 0 Å². The molecule has 2 aliphatic rings. The van der Waals surface area contributed by atoms with Gasteiger partial charge in [-0.1, -0.05) is 13.8 Å². The van der Waals surface area contributed by atoms with Gasteiger partial charge < -0.3 is 15.2 Å². The lowest BCUT2D eigenvalue weighted by Crippen LogP contribution is -2.43. The Hall–Kier alpha value is -1.09. The van der Waals surface area contributed by atoms with Crippen LogP contribution in [-0.4, -0.2) is 55.9 Å². The van der Waals surface area contributed by atoms with E-state index in [-0.39, 0.29) is 28.6 Å². The molecule has 1 amide bonds. The van der Waals surface area contributed by atoms with Crippen LogP contribution in [0.25, 0.3) is 0 Å². The highest BCUT2D eigenvalue weighted by Gasteiger charge is 2.31. The number of aryl methyl sites for hydroxylation is 1. The summed E-state index contributed by atoms with van der Waals surface area (Å²) in [5.41, 5.74) is 0.474. The molecule has 0 aliphatic carbocycles. The fourth-order valence-corrected chi connectivity index (χ4v) is 5.68. The van der Waals surface area contributed by atoms with Gasteiger partial charge in [0.25, 0.3) is 5.91 Å². The van der Waals surface area contributed by atoms with Gasteiger partial charge >= 0.3 is 0 Å². The van der Waals surface area contributed by atoms with Crippen molar-refractivity contribution in [1.29, 1.82) is 0 Å². The van der Waals surface area contributed by atoms with E-state index in [9.17, 15) is 13.2 Å². The van der Waals surface area contributed by atoms with Crippen molar-refractivity contribution in [2.75, 3.05) is 32.7 Å². The third-order valence-corrected chi connectivity index (χ3v) is 7.79. The summed E-state index contributed by atoms with van der Waals surface area (Å²) in [5.74, 6) is 0.149. The van der Waals surface area contributed by atoms with Gasteiger partial charge in [-0.15, -0.1) is 12.4 Å². The Morgan fingerprint density at radius 1 is 1.36 bits per heavy atom. The average Bonchev–Trinajstić information content (AvgIpc) is 3.03. The SMILES string of the molecule is CC1CCCN(S(=O)(=O)c2cc(C(=O)NCC3(C)CCNCC3)n(C)c2)C1.Cl. The van der Waals surface area contributed by atoms with Crippen LogP contribution in [-0.2, 0) is 17.1 Å². The van der Waals surface area contributed by atoms with Crippen LogP contribution in [0.15, 0.2) is 17.2 Å². The van der Waals surface area contributed by atoms with Crippen molar-refractivity contribution in [3.05, 3.63) is 18.0 Å². The lowest BCUT2D eigenvalue weighted by molar-refractivity contribution is 0.0914. The Labute approximate surface area is 174 Å². The first-order chi connectivity index (χ1) is 12.7. The van der Waals surface area contributed by atoms with Crippen molar-refractivity contribution in [3.63, 3.8) is 0 Å². The lowest BCUT2D eigenvalue weighted by atomic mass is 9.81. The predicted molar refractivity (Wildman–Crippen MR) is 112 cm³/mol. The molecule has 1 unspecified atom stereocenters. The molecule has 7 nitrogen and oxygen atoms in total. The summed E-state index contributed by atoms with van der Waals surface area (Å²) in [4.78, 5) is 12.9. The predicted octanol–water partition coefficient (Wildman–Crippen LogP) is 1.99. The molecular formula is C19H33ClN4O3S. The van der Waals surface area contributed by atoms with Gasteiger partial charge in [0.05, 0.1) is 0 Å². The summed E-state index contributed by atoms with van der Waals surface area (Å²) in [7, 11) is -1.83. The van der Waals surface area contributed by atoms with E-state index >= 15 is 0 Å². The molecule has 1 aromatic heterocycles. The van der Waals surface area contributed by atoms with Crippen molar-refractivity contribution in [2.45, 2.75) is 44.4 Å². The van der Waals surface area contributed by atoms with Gasteiger partial charge in [-0.3, -0.25) is 4.79 Å². The average molecular weight is 433 g/mol. The van der Waals surface area contributed by atoms with Gasteiger partial charge in [0.1, 0.15) is 10.6 Å². The molecule has 9 heteroatoms. The quantitative estimate of drug-likeness (QED) is 0.745. The molecule has 0 saturated carbocycles. The Morgan fingerprint density at radius 3 is 2.68 bits per heavy atom.